The summed E-state index contributed by atoms with van der Waals surface area (Å²) >= 11 is 0. The molecule has 106 valence electrons. The number of aromatic nitrogens is 1. The zero-order chi connectivity index (χ0) is 14.3. The Hall–Kier alpha value is -1.88. The van der Waals surface area contributed by atoms with E-state index < -0.39 is 11.8 Å². The first-order valence-electron chi connectivity index (χ1n) is 6.69. The van der Waals surface area contributed by atoms with Gasteiger partial charge >= 0.3 is 5.97 Å². The standard InChI is InChI=1S/C15H17FN2O2/c1-15(4-3-5-17-15)13-8-10-11(14(19)20-2)6-9(16)7-12(10)18-13/h6-8,17-18H,3-5H2,1-2H3. The van der Waals surface area contributed by atoms with Gasteiger partial charge in [0.25, 0.3) is 0 Å². The first kappa shape index (κ1) is 13.1. The molecule has 3 rings (SSSR count). The number of ether oxygens (including phenoxy) is 1. The van der Waals surface area contributed by atoms with Gasteiger partial charge in [0.2, 0.25) is 0 Å². The number of halogens is 1. The summed E-state index contributed by atoms with van der Waals surface area (Å²) < 4.78 is 18.4. The Morgan fingerprint density at radius 3 is 2.85 bits per heavy atom. The molecule has 0 aliphatic carbocycles. The van der Waals surface area contributed by atoms with E-state index in [2.05, 4.69) is 17.2 Å². The maximum Gasteiger partial charge on any atom is 0.338 e. The van der Waals surface area contributed by atoms with Crippen LogP contribution in [0.2, 0.25) is 0 Å². The Kier molecular flexibility index (Phi) is 3.01. The van der Waals surface area contributed by atoms with Crippen molar-refractivity contribution in [3.05, 3.63) is 35.3 Å². The van der Waals surface area contributed by atoms with Crippen molar-refractivity contribution >= 4 is 16.9 Å². The molecule has 1 atom stereocenters. The van der Waals surface area contributed by atoms with E-state index >= 15 is 0 Å². The number of hydrogen-bond donors (Lipinski definition) is 2. The highest BCUT2D eigenvalue weighted by Gasteiger charge is 2.32. The van der Waals surface area contributed by atoms with Crippen LogP contribution >= 0.6 is 0 Å². The molecule has 4 nitrogen and oxygen atoms in total. The van der Waals surface area contributed by atoms with Gasteiger partial charge in [0.05, 0.1) is 18.2 Å². The molecular weight excluding hydrogens is 259 g/mol. The minimum atomic E-state index is -0.524. The van der Waals surface area contributed by atoms with Crippen LogP contribution in [0.15, 0.2) is 18.2 Å². The van der Waals surface area contributed by atoms with Gasteiger partial charge in [0, 0.05) is 16.6 Å². The summed E-state index contributed by atoms with van der Waals surface area (Å²) in [6.45, 7) is 3.07. The SMILES string of the molecule is COC(=O)c1cc(F)cc2[nH]c(C3(C)CCCN3)cc12. The number of nitrogens with one attached hydrogen (secondary N) is 2. The third kappa shape index (κ3) is 1.98. The smallest absolute Gasteiger partial charge is 0.338 e. The fraction of sp³-hybridized carbons (Fsp3) is 0.400. The summed E-state index contributed by atoms with van der Waals surface area (Å²) in [6, 6.07) is 4.54. The van der Waals surface area contributed by atoms with Crippen LogP contribution in [0, 0.1) is 5.82 Å². The van der Waals surface area contributed by atoms with E-state index in [-0.39, 0.29) is 11.1 Å². The number of benzene rings is 1. The molecule has 0 amide bonds. The fourth-order valence-corrected chi connectivity index (χ4v) is 2.90. The van der Waals surface area contributed by atoms with Crippen molar-refractivity contribution in [1.82, 2.24) is 10.3 Å². The highest BCUT2D eigenvalue weighted by Crippen LogP contribution is 2.33. The molecule has 2 aromatic rings. The number of carbonyl (C=O) groups excluding carboxylic acids is 1. The van der Waals surface area contributed by atoms with Crippen molar-refractivity contribution in [3.8, 4) is 0 Å². The number of esters is 1. The summed E-state index contributed by atoms with van der Waals surface area (Å²) in [7, 11) is 1.30. The zero-order valence-corrected chi connectivity index (χ0v) is 11.5. The molecule has 0 saturated carbocycles. The lowest BCUT2D eigenvalue weighted by molar-refractivity contribution is 0.0602. The molecule has 1 aromatic carbocycles. The lowest BCUT2D eigenvalue weighted by Gasteiger charge is -2.22. The van der Waals surface area contributed by atoms with Crippen LogP contribution in [0.1, 0.15) is 35.8 Å². The monoisotopic (exact) mass is 276 g/mol. The van der Waals surface area contributed by atoms with Gasteiger partial charge in [-0.15, -0.1) is 0 Å². The summed E-state index contributed by atoms with van der Waals surface area (Å²) in [5, 5.41) is 4.14. The van der Waals surface area contributed by atoms with Crippen LogP contribution in [0.4, 0.5) is 4.39 Å². The maximum absolute atomic E-state index is 13.6. The first-order chi connectivity index (χ1) is 9.53. The number of H-pyrrole nitrogens is 1. The van der Waals surface area contributed by atoms with Crippen molar-refractivity contribution in [2.24, 2.45) is 0 Å². The molecule has 2 N–H and O–H groups in total. The lowest BCUT2D eigenvalue weighted by Crippen LogP contribution is -2.33. The van der Waals surface area contributed by atoms with E-state index in [4.69, 9.17) is 4.74 Å². The van der Waals surface area contributed by atoms with Crippen LogP contribution in [0.25, 0.3) is 10.9 Å². The van der Waals surface area contributed by atoms with Gasteiger partial charge in [0.15, 0.2) is 0 Å². The van der Waals surface area contributed by atoms with Crippen LogP contribution in [0.3, 0.4) is 0 Å². The third-order valence-electron chi connectivity index (χ3n) is 4.07. The molecule has 0 radical (unpaired) electrons. The summed E-state index contributed by atoms with van der Waals surface area (Å²) in [4.78, 5) is 15.0. The summed E-state index contributed by atoms with van der Waals surface area (Å²) in [6.07, 6.45) is 2.11. The van der Waals surface area contributed by atoms with Crippen molar-refractivity contribution in [2.75, 3.05) is 13.7 Å². The van der Waals surface area contributed by atoms with E-state index in [9.17, 15) is 9.18 Å². The van der Waals surface area contributed by atoms with Gasteiger partial charge in [0.1, 0.15) is 5.82 Å². The topological polar surface area (TPSA) is 54.1 Å². The average molecular weight is 276 g/mol. The molecule has 1 aliphatic rings. The Bertz CT molecular complexity index is 672. The molecule has 5 heteroatoms. The van der Waals surface area contributed by atoms with Gasteiger partial charge in [-0.05, 0) is 44.5 Å². The molecule has 1 unspecified atom stereocenters. The van der Waals surface area contributed by atoms with Crippen molar-refractivity contribution in [3.63, 3.8) is 0 Å². The van der Waals surface area contributed by atoms with Gasteiger partial charge in [-0.2, -0.15) is 0 Å². The fourth-order valence-electron chi connectivity index (χ4n) is 2.90. The van der Waals surface area contributed by atoms with Crippen LogP contribution < -0.4 is 5.32 Å². The molecule has 1 fully saturated rings. The predicted octanol–water partition coefficient (Wildman–Crippen LogP) is 2.69. The quantitative estimate of drug-likeness (QED) is 0.829. The first-order valence-corrected chi connectivity index (χ1v) is 6.69. The second kappa shape index (κ2) is 4.59. The molecule has 1 aliphatic heterocycles. The van der Waals surface area contributed by atoms with E-state index in [1.165, 1.54) is 19.2 Å². The molecule has 0 spiro atoms. The normalized spacial score (nSPS) is 22.4. The molecule has 0 bridgehead atoms. The number of rotatable bonds is 2. The Morgan fingerprint density at radius 2 is 2.20 bits per heavy atom. The minimum absolute atomic E-state index is 0.150. The average Bonchev–Trinajstić information content (AvgIpc) is 3.04. The van der Waals surface area contributed by atoms with E-state index in [1.807, 2.05) is 6.07 Å². The molecule has 1 aromatic heterocycles. The number of methoxy groups -OCH3 is 1. The Balaban J connectivity index is 2.17. The van der Waals surface area contributed by atoms with Crippen molar-refractivity contribution in [1.29, 1.82) is 0 Å². The maximum atomic E-state index is 13.6. The second-order valence-corrected chi connectivity index (χ2v) is 5.45. The van der Waals surface area contributed by atoms with Gasteiger partial charge in [-0.25, -0.2) is 9.18 Å². The van der Waals surface area contributed by atoms with Gasteiger partial charge in [-0.3, -0.25) is 0 Å². The van der Waals surface area contributed by atoms with E-state index in [1.54, 1.807) is 0 Å². The molecule has 2 heterocycles. The van der Waals surface area contributed by atoms with Gasteiger partial charge < -0.3 is 15.0 Å². The highest BCUT2D eigenvalue weighted by molar-refractivity contribution is 6.04. The number of carbonyl (C=O) groups is 1. The predicted molar refractivity (Wildman–Crippen MR) is 74.2 cm³/mol. The van der Waals surface area contributed by atoms with Crippen molar-refractivity contribution in [2.45, 2.75) is 25.3 Å². The van der Waals surface area contributed by atoms with Crippen LogP contribution in [0.5, 0.6) is 0 Å². The number of fused-ring (bicyclic) bond motifs is 1. The molecule has 1 saturated heterocycles. The van der Waals surface area contributed by atoms with Crippen LogP contribution in [-0.2, 0) is 10.3 Å². The van der Waals surface area contributed by atoms with Crippen LogP contribution in [-0.4, -0.2) is 24.6 Å². The number of aromatic amines is 1. The van der Waals surface area contributed by atoms with Gasteiger partial charge in [-0.1, -0.05) is 0 Å². The number of hydrogen-bond acceptors (Lipinski definition) is 3. The van der Waals surface area contributed by atoms with E-state index in [0.29, 0.717) is 10.9 Å². The van der Waals surface area contributed by atoms with E-state index in [0.717, 1.165) is 25.1 Å². The lowest BCUT2D eigenvalue weighted by atomic mass is 9.96. The van der Waals surface area contributed by atoms with Crippen molar-refractivity contribution < 1.29 is 13.9 Å². The zero-order valence-electron chi connectivity index (χ0n) is 11.5. The largest absolute Gasteiger partial charge is 0.465 e. The highest BCUT2D eigenvalue weighted by atomic mass is 19.1. The summed E-state index contributed by atoms with van der Waals surface area (Å²) in [5.74, 6) is -0.972. The summed E-state index contributed by atoms with van der Waals surface area (Å²) in [5.41, 5.74) is 1.70. The Labute approximate surface area is 116 Å². The molecule has 20 heavy (non-hydrogen) atoms. The third-order valence-corrected chi connectivity index (χ3v) is 4.07. The second-order valence-electron chi connectivity index (χ2n) is 5.45. The molecular formula is C15H17FN2O2. The minimum Gasteiger partial charge on any atom is -0.465 e. The Morgan fingerprint density at radius 1 is 1.40 bits per heavy atom.